The summed E-state index contributed by atoms with van der Waals surface area (Å²) in [6.45, 7) is 2.52. The minimum atomic E-state index is -0.0940. The van der Waals surface area contributed by atoms with Gasteiger partial charge in [-0.3, -0.25) is 9.59 Å². The van der Waals surface area contributed by atoms with E-state index in [1.807, 2.05) is 61.5 Å². The van der Waals surface area contributed by atoms with Gasteiger partial charge in [0.05, 0.1) is 0 Å². The molecule has 3 aromatic rings. The molecule has 0 bridgehead atoms. The average molecular weight is 407 g/mol. The smallest absolute Gasteiger partial charge is 0.258 e. The van der Waals surface area contributed by atoms with Crippen LogP contribution in [0.25, 0.3) is 0 Å². The second kappa shape index (κ2) is 9.89. The topological polar surface area (TPSA) is 49.4 Å². The van der Waals surface area contributed by atoms with Gasteiger partial charge in [0, 0.05) is 34.9 Å². The maximum absolute atomic E-state index is 12.8. The van der Waals surface area contributed by atoms with Crippen molar-refractivity contribution in [3.63, 3.8) is 0 Å². The zero-order chi connectivity index (χ0) is 20.6. The zero-order valence-electron chi connectivity index (χ0n) is 16.3. The van der Waals surface area contributed by atoms with E-state index in [0.29, 0.717) is 35.7 Å². The number of aryl methyl sites for hydroxylation is 1. The van der Waals surface area contributed by atoms with Crippen LogP contribution in [0, 0.1) is 0 Å². The van der Waals surface area contributed by atoms with Crippen molar-refractivity contribution in [3.8, 4) is 0 Å². The Morgan fingerprint density at radius 2 is 1.55 bits per heavy atom. The second-order valence-electron chi connectivity index (χ2n) is 6.60. The van der Waals surface area contributed by atoms with Gasteiger partial charge in [-0.2, -0.15) is 0 Å². The van der Waals surface area contributed by atoms with Crippen molar-refractivity contribution in [2.75, 3.05) is 16.8 Å². The Balaban J connectivity index is 1.60. The van der Waals surface area contributed by atoms with E-state index in [2.05, 4.69) is 5.32 Å². The fourth-order valence-electron chi connectivity index (χ4n) is 3.08. The summed E-state index contributed by atoms with van der Waals surface area (Å²) < 4.78 is 0. The number of carbonyl (C=O) groups excluding carboxylic acids is 2. The number of hydrogen-bond acceptors (Lipinski definition) is 2. The number of benzene rings is 3. The van der Waals surface area contributed by atoms with Crippen molar-refractivity contribution in [2.24, 2.45) is 0 Å². The lowest BCUT2D eigenvalue weighted by atomic mass is 10.1. The number of hydrogen-bond donors (Lipinski definition) is 1. The molecule has 0 spiro atoms. The molecule has 0 heterocycles. The van der Waals surface area contributed by atoms with Gasteiger partial charge in [0.1, 0.15) is 0 Å². The third-order valence-corrected chi connectivity index (χ3v) is 4.99. The standard InChI is InChI=1S/C24H23ClN2O2/c1-2-27(21-9-4-3-5-10-21)24(29)19-12-15-20(16-13-19)26-23(28)17-14-18-8-6-7-11-22(18)25/h3-13,15-16H,2,14,17H2,1H3,(H,26,28). The number of para-hydroxylation sites is 1. The third-order valence-electron chi connectivity index (χ3n) is 4.62. The van der Waals surface area contributed by atoms with Gasteiger partial charge in [-0.15, -0.1) is 0 Å². The van der Waals surface area contributed by atoms with Gasteiger partial charge < -0.3 is 10.2 Å². The molecule has 0 radical (unpaired) electrons. The van der Waals surface area contributed by atoms with E-state index in [1.54, 1.807) is 29.2 Å². The summed E-state index contributed by atoms with van der Waals surface area (Å²) in [5, 5.41) is 3.53. The Labute approximate surface area is 176 Å². The Kier molecular flexibility index (Phi) is 7.04. The molecule has 3 rings (SSSR count). The monoisotopic (exact) mass is 406 g/mol. The van der Waals surface area contributed by atoms with E-state index in [1.165, 1.54) is 0 Å². The molecule has 3 aromatic carbocycles. The van der Waals surface area contributed by atoms with Crippen molar-refractivity contribution in [1.82, 2.24) is 0 Å². The highest BCUT2D eigenvalue weighted by atomic mass is 35.5. The van der Waals surface area contributed by atoms with Crippen LogP contribution in [0.4, 0.5) is 11.4 Å². The van der Waals surface area contributed by atoms with Crippen molar-refractivity contribution < 1.29 is 9.59 Å². The molecule has 0 aliphatic heterocycles. The van der Waals surface area contributed by atoms with Gasteiger partial charge in [0.2, 0.25) is 5.91 Å². The molecule has 0 saturated heterocycles. The van der Waals surface area contributed by atoms with Crippen molar-refractivity contribution in [1.29, 1.82) is 0 Å². The maximum Gasteiger partial charge on any atom is 0.258 e. The van der Waals surface area contributed by atoms with Crippen LogP contribution in [0.5, 0.6) is 0 Å². The molecule has 0 fully saturated rings. The Morgan fingerprint density at radius 1 is 0.897 bits per heavy atom. The predicted molar refractivity (Wildman–Crippen MR) is 119 cm³/mol. The summed E-state index contributed by atoms with van der Waals surface area (Å²) in [4.78, 5) is 26.8. The molecule has 5 heteroatoms. The molecule has 0 saturated carbocycles. The summed E-state index contributed by atoms with van der Waals surface area (Å²) in [5.74, 6) is -0.168. The van der Waals surface area contributed by atoms with E-state index in [-0.39, 0.29) is 11.8 Å². The first-order valence-corrected chi connectivity index (χ1v) is 9.96. The fraction of sp³-hybridized carbons (Fsp3) is 0.167. The van der Waals surface area contributed by atoms with Crippen LogP contribution in [-0.4, -0.2) is 18.4 Å². The molecular formula is C24H23ClN2O2. The van der Waals surface area contributed by atoms with Gasteiger partial charge >= 0.3 is 0 Å². The number of halogens is 1. The summed E-state index contributed by atoms with van der Waals surface area (Å²) in [6, 6.07) is 24.0. The van der Waals surface area contributed by atoms with Crippen LogP contribution >= 0.6 is 11.6 Å². The fourth-order valence-corrected chi connectivity index (χ4v) is 3.31. The number of anilines is 2. The molecular weight excluding hydrogens is 384 g/mol. The first-order valence-electron chi connectivity index (χ1n) is 9.58. The van der Waals surface area contributed by atoms with E-state index < -0.39 is 0 Å². The lowest BCUT2D eigenvalue weighted by Gasteiger charge is -2.21. The average Bonchev–Trinajstić information content (AvgIpc) is 2.75. The maximum atomic E-state index is 12.8. The van der Waals surface area contributed by atoms with Gasteiger partial charge in [0.25, 0.3) is 5.91 Å². The van der Waals surface area contributed by atoms with Crippen LogP contribution < -0.4 is 10.2 Å². The Morgan fingerprint density at radius 3 is 2.21 bits per heavy atom. The second-order valence-corrected chi connectivity index (χ2v) is 7.01. The molecule has 0 aliphatic rings. The van der Waals surface area contributed by atoms with Gasteiger partial charge in [-0.1, -0.05) is 48.0 Å². The Bertz CT molecular complexity index is 972. The summed E-state index contributed by atoms with van der Waals surface area (Å²) >= 11 is 6.13. The van der Waals surface area contributed by atoms with Crippen LogP contribution in [0.3, 0.4) is 0 Å². The van der Waals surface area contributed by atoms with Crippen molar-refractivity contribution in [3.05, 3.63) is 95.0 Å². The van der Waals surface area contributed by atoms with Crippen molar-refractivity contribution in [2.45, 2.75) is 19.8 Å². The zero-order valence-corrected chi connectivity index (χ0v) is 17.0. The summed E-state index contributed by atoms with van der Waals surface area (Å²) in [6.07, 6.45) is 0.909. The van der Waals surface area contributed by atoms with E-state index in [0.717, 1.165) is 11.3 Å². The van der Waals surface area contributed by atoms with Crippen molar-refractivity contribution >= 4 is 34.8 Å². The van der Waals surface area contributed by atoms with Crippen LogP contribution in [0.1, 0.15) is 29.3 Å². The molecule has 148 valence electrons. The summed E-state index contributed by atoms with van der Waals surface area (Å²) in [5.41, 5.74) is 3.04. The van der Waals surface area contributed by atoms with Gasteiger partial charge in [-0.25, -0.2) is 0 Å². The third kappa shape index (κ3) is 5.46. The molecule has 0 atom stereocenters. The molecule has 1 N–H and O–H groups in total. The highest BCUT2D eigenvalue weighted by Gasteiger charge is 2.16. The SMILES string of the molecule is CCN(C(=O)c1ccc(NC(=O)CCc2ccccc2Cl)cc1)c1ccccc1. The molecule has 2 amide bonds. The van der Waals surface area contributed by atoms with E-state index in [9.17, 15) is 9.59 Å². The van der Waals surface area contributed by atoms with Crippen LogP contribution in [-0.2, 0) is 11.2 Å². The summed E-state index contributed by atoms with van der Waals surface area (Å²) in [7, 11) is 0. The molecule has 4 nitrogen and oxygen atoms in total. The Hall–Kier alpha value is -3.11. The number of amides is 2. The quantitative estimate of drug-likeness (QED) is 0.557. The number of rotatable bonds is 7. The van der Waals surface area contributed by atoms with Crippen LogP contribution in [0.15, 0.2) is 78.9 Å². The molecule has 29 heavy (non-hydrogen) atoms. The molecule has 0 aliphatic carbocycles. The van der Waals surface area contributed by atoms with Gasteiger partial charge in [0.15, 0.2) is 0 Å². The largest absolute Gasteiger partial charge is 0.326 e. The number of nitrogens with one attached hydrogen (secondary N) is 1. The van der Waals surface area contributed by atoms with Crippen LogP contribution in [0.2, 0.25) is 5.02 Å². The molecule has 0 unspecified atom stereocenters. The first kappa shape index (κ1) is 20.6. The number of nitrogens with zero attached hydrogens (tertiary/aromatic N) is 1. The van der Waals surface area contributed by atoms with E-state index >= 15 is 0 Å². The lowest BCUT2D eigenvalue weighted by Crippen LogP contribution is -2.30. The highest BCUT2D eigenvalue weighted by molar-refractivity contribution is 6.31. The minimum Gasteiger partial charge on any atom is -0.326 e. The highest BCUT2D eigenvalue weighted by Crippen LogP contribution is 2.19. The van der Waals surface area contributed by atoms with Gasteiger partial charge in [-0.05, 0) is 61.4 Å². The minimum absolute atomic E-state index is 0.0738. The predicted octanol–water partition coefficient (Wildman–Crippen LogP) is 5.58. The van der Waals surface area contributed by atoms with E-state index in [4.69, 9.17) is 11.6 Å². The first-order chi connectivity index (χ1) is 14.1. The normalized spacial score (nSPS) is 10.4. The molecule has 0 aromatic heterocycles. The lowest BCUT2D eigenvalue weighted by molar-refractivity contribution is -0.116. The number of carbonyl (C=O) groups is 2.